The number of ether oxygens (including phenoxy) is 1. The number of rotatable bonds is 7. The highest BCUT2D eigenvalue weighted by Crippen LogP contribution is 2.10. The molecule has 0 unspecified atom stereocenters. The molecule has 0 aliphatic rings. The van der Waals surface area contributed by atoms with E-state index in [1.54, 1.807) is 28.9 Å². The highest BCUT2D eigenvalue weighted by atomic mass is 16.5. The molecule has 1 amide bonds. The summed E-state index contributed by atoms with van der Waals surface area (Å²) in [5.41, 5.74) is 1.23. The maximum absolute atomic E-state index is 12.5. The summed E-state index contributed by atoms with van der Waals surface area (Å²) < 4.78 is 9.05. The largest absolute Gasteiger partial charge is 0.471 e. The van der Waals surface area contributed by atoms with Gasteiger partial charge in [0.2, 0.25) is 0 Å². The van der Waals surface area contributed by atoms with Crippen molar-refractivity contribution in [2.75, 3.05) is 7.05 Å². The van der Waals surface area contributed by atoms with Gasteiger partial charge in [0, 0.05) is 26.0 Å². The lowest BCUT2D eigenvalue weighted by Crippen LogP contribution is -2.27. The smallest absolute Gasteiger partial charge is 0.274 e. The van der Waals surface area contributed by atoms with Crippen LogP contribution in [0.5, 0.6) is 5.75 Å². The topological polar surface area (TPSA) is 65.2 Å². The number of aromatic nitrogens is 4. The third-order valence-corrected chi connectivity index (χ3v) is 3.73. The highest BCUT2D eigenvalue weighted by molar-refractivity contribution is 5.91. The third kappa shape index (κ3) is 4.26. The molecule has 0 spiro atoms. The van der Waals surface area contributed by atoms with Gasteiger partial charge in [0.15, 0.2) is 12.4 Å². The molecule has 0 bridgehead atoms. The van der Waals surface area contributed by atoms with E-state index >= 15 is 0 Å². The number of para-hydroxylation sites is 1. The van der Waals surface area contributed by atoms with Gasteiger partial charge in [0.05, 0.1) is 12.2 Å². The number of carbonyl (C=O) groups is 1. The molecule has 0 radical (unpaired) electrons. The fourth-order valence-corrected chi connectivity index (χ4v) is 2.38. The Balaban J connectivity index is 1.57. The molecule has 2 heterocycles. The Hall–Kier alpha value is -3.09. The highest BCUT2D eigenvalue weighted by Gasteiger charge is 2.16. The van der Waals surface area contributed by atoms with Crippen LogP contribution in [0.2, 0.25) is 0 Å². The zero-order chi connectivity index (χ0) is 17.6. The lowest BCUT2D eigenvalue weighted by atomic mass is 10.3. The SMILES string of the molecule is CCn1ccc(CN(C)C(=O)c2ccn(COc3ccccc3)n2)n1. The van der Waals surface area contributed by atoms with Crippen LogP contribution < -0.4 is 4.74 Å². The summed E-state index contributed by atoms with van der Waals surface area (Å²) in [5, 5.41) is 8.67. The summed E-state index contributed by atoms with van der Waals surface area (Å²) in [6.45, 7) is 3.53. The first-order valence-corrected chi connectivity index (χ1v) is 8.15. The Morgan fingerprint density at radius 2 is 1.84 bits per heavy atom. The fraction of sp³-hybridized carbons (Fsp3) is 0.278. The number of aryl methyl sites for hydroxylation is 1. The quantitative estimate of drug-likeness (QED) is 0.663. The Bertz CT molecular complexity index is 825. The van der Waals surface area contributed by atoms with Crippen molar-refractivity contribution in [3.8, 4) is 5.75 Å². The molecule has 130 valence electrons. The molecule has 0 aliphatic heterocycles. The predicted octanol–water partition coefficient (Wildman–Crippen LogP) is 2.41. The molecule has 0 fully saturated rings. The van der Waals surface area contributed by atoms with Crippen molar-refractivity contribution in [1.82, 2.24) is 24.5 Å². The zero-order valence-electron chi connectivity index (χ0n) is 14.4. The summed E-state index contributed by atoms with van der Waals surface area (Å²) in [7, 11) is 1.74. The molecule has 3 aromatic rings. The van der Waals surface area contributed by atoms with Crippen LogP contribution in [-0.4, -0.2) is 37.4 Å². The van der Waals surface area contributed by atoms with E-state index in [1.165, 1.54) is 0 Å². The molecule has 2 aromatic heterocycles. The fourth-order valence-electron chi connectivity index (χ4n) is 2.38. The van der Waals surface area contributed by atoms with E-state index in [0.29, 0.717) is 12.2 Å². The van der Waals surface area contributed by atoms with E-state index in [1.807, 2.05) is 54.2 Å². The van der Waals surface area contributed by atoms with Crippen LogP contribution in [0.1, 0.15) is 23.1 Å². The number of amides is 1. The average Bonchev–Trinajstić information content (AvgIpc) is 3.29. The Labute approximate surface area is 146 Å². The molecule has 0 saturated carbocycles. The van der Waals surface area contributed by atoms with Gasteiger partial charge in [-0.25, -0.2) is 4.68 Å². The van der Waals surface area contributed by atoms with Crippen LogP contribution >= 0.6 is 0 Å². The van der Waals surface area contributed by atoms with Crippen molar-refractivity contribution in [3.63, 3.8) is 0 Å². The molecule has 7 heteroatoms. The van der Waals surface area contributed by atoms with Crippen molar-refractivity contribution < 1.29 is 9.53 Å². The lowest BCUT2D eigenvalue weighted by Gasteiger charge is -2.14. The van der Waals surface area contributed by atoms with E-state index in [-0.39, 0.29) is 12.6 Å². The van der Waals surface area contributed by atoms with Crippen LogP contribution in [0.4, 0.5) is 0 Å². The summed E-state index contributed by atoms with van der Waals surface area (Å²) in [6, 6.07) is 13.1. The monoisotopic (exact) mass is 339 g/mol. The number of nitrogens with zero attached hydrogens (tertiary/aromatic N) is 5. The van der Waals surface area contributed by atoms with Gasteiger partial charge in [-0.3, -0.25) is 9.48 Å². The summed E-state index contributed by atoms with van der Waals surface area (Å²) in [6.07, 6.45) is 3.64. The second-order valence-electron chi connectivity index (χ2n) is 5.65. The van der Waals surface area contributed by atoms with E-state index < -0.39 is 0 Å². The first-order valence-electron chi connectivity index (χ1n) is 8.15. The number of benzene rings is 1. The number of hydrogen-bond donors (Lipinski definition) is 0. The first kappa shape index (κ1) is 16.8. The van der Waals surface area contributed by atoms with Crippen LogP contribution in [0.3, 0.4) is 0 Å². The molecule has 1 aromatic carbocycles. The first-order chi connectivity index (χ1) is 12.2. The van der Waals surface area contributed by atoms with Gasteiger partial charge in [0.25, 0.3) is 5.91 Å². The second-order valence-corrected chi connectivity index (χ2v) is 5.65. The van der Waals surface area contributed by atoms with E-state index in [4.69, 9.17) is 4.74 Å². The minimum absolute atomic E-state index is 0.149. The van der Waals surface area contributed by atoms with E-state index in [0.717, 1.165) is 18.0 Å². The molecule has 25 heavy (non-hydrogen) atoms. The third-order valence-electron chi connectivity index (χ3n) is 3.73. The van der Waals surface area contributed by atoms with Crippen molar-refractivity contribution in [2.45, 2.75) is 26.7 Å². The summed E-state index contributed by atoms with van der Waals surface area (Å²) in [4.78, 5) is 14.1. The van der Waals surface area contributed by atoms with Gasteiger partial charge in [-0.15, -0.1) is 0 Å². The molecule has 7 nitrogen and oxygen atoms in total. The predicted molar refractivity (Wildman–Crippen MR) is 93.0 cm³/mol. The Morgan fingerprint density at radius 3 is 2.56 bits per heavy atom. The van der Waals surface area contributed by atoms with Crippen molar-refractivity contribution >= 4 is 5.91 Å². The zero-order valence-corrected chi connectivity index (χ0v) is 14.4. The van der Waals surface area contributed by atoms with Gasteiger partial charge in [-0.2, -0.15) is 10.2 Å². The molecule has 0 saturated heterocycles. The number of hydrogen-bond acceptors (Lipinski definition) is 4. The Kier molecular flexibility index (Phi) is 5.13. The van der Waals surface area contributed by atoms with E-state index in [2.05, 4.69) is 10.2 Å². The normalized spacial score (nSPS) is 10.6. The molecule has 0 N–H and O–H groups in total. The average molecular weight is 339 g/mol. The molecule has 0 aliphatic carbocycles. The van der Waals surface area contributed by atoms with Gasteiger partial charge in [0.1, 0.15) is 5.75 Å². The van der Waals surface area contributed by atoms with Crippen LogP contribution in [0, 0.1) is 0 Å². The second kappa shape index (κ2) is 7.65. The standard InChI is InChI=1S/C18H21N5O2/c1-3-22-11-9-15(19-22)13-21(2)18(24)17-10-12-23(20-17)14-25-16-7-5-4-6-8-16/h4-12H,3,13-14H2,1-2H3. The maximum Gasteiger partial charge on any atom is 0.274 e. The number of carbonyl (C=O) groups excluding carboxylic acids is 1. The molecule has 0 atom stereocenters. The molecular weight excluding hydrogens is 318 g/mol. The van der Waals surface area contributed by atoms with E-state index in [9.17, 15) is 4.79 Å². The molecule has 3 rings (SSSR count). The minimum Gasteiger partial charge on any atom is -0.471 e. The van der Waals surface area contributed by atoms with Crippen molar-refractivity contribution in [2.24, 2.45) is 0 Å². The van der Waals surface area contributed by atoms with Crippen molar-refractivity contribution in [1.29, 1.82) is 0 Å². The van der Waals surface area contributed by atoms with Crippen LogP contribution in [-0.2, 0) is 19.8 Å². The summed E-state index contributed by atoms with van der Waals surface area (Å²) in [5.74, 6) is 0.610. The van der Waals surface area contributed by atoms with Gasteiger partial charge >= 0.3 is 0 Å². The minimum atomic E-state index is -0.149. The lowest BCUT2D eigenvalue weighted by molar-refractivity contribution is 0.0775. The van der Waals surface area contributed by atoms with Gasteiger partial charge < -0.3 is 9.64 Å². The van der Waals surface area contributed by atoms with Gasteiger partial charge in [-0.05, 0) is 31.2 Å². The van der Waals surface area contributed by atoms with Gasteiger partial charge in [-0.1, -0.05) is 18.2 Å². The molecular formula is C18H21N5O2. The maximum atomic E-state index is 12.5. The summed E-state index contributed by atoms with van der Waals surface area (Å²) >= 11 is 0. The Morgan fingerprint density at radius 1 is 1.08 bits per heavy atom. The van der Waals surface area contributed by atoms with Crippen LogP contribution in [0.15, 0.2) is 54.9 Å². The van der Waals surface area contributed by atoms with Crippen LogP contribution in [0.25, 0.3) is 0 Å². The van der Waals surface area contributed by atoms with Crippen molar-refractivity contribution in [3.05, 3.63) is 66.2 Å².